The van der Waals surface area contributed by atoms with Crippen molar-refractivity contribution in [2.45, 2.75) is 39.0 Å². The minimum absolute atomic E-state index is 0.218. The minimum atomic E-state index is 0.218. The summed E-state index contributed by atoms with van der Waals surface area (Å²) in [6.45, 7) is 6.39. The van der Waals surface area contributed by atoms with Crippen LogP contribution in [0.5, 0.6) is 0 Å². The van der Waals surface area contributed by atoms with Gasteiger partial charge in [-0.25, -0.2) is 0 Å². The maximum Gasteiger partial charge on any atom is 0.0435 e. The number of benzene rings is 1. The highest BCUT2D eigenvalue weighted by atomic mass is 35.5. The van der Waals surface area contributed by atoms with Gasteiger partial charge in [0.2, 0.25) is 0 Å². The number of aryl methyl sites for hydroxylation is 1. The largest absolute Gasteiger partial charge is 0.122 e. The van der Waals surface area contributed by atoms with Gasteiger partial charge in [0, 0.05) is 10.4 Å². The predicted molar refractivity (Wildman–Crippen MR) is 69.0 cm³/mol. The molecule has 1 aromatic rings. The zero-order valence-electron chi connectivity index (χ0n) is 9.56. The van der Waals surface area contributed by atoms with Gasteiger partial charge in [-0.05, 0) is 36.5 Å². The molecule has 0 heterocycles. The second-order valence-electron chi connectivity index (χ2n) is 4.19. The first kappa shape index (κ1) is 12.9. The lowest BCUT2D eigenvalue weighted by Crippen LogP contribution is -2.13. The first-order valence-electron chi connectivity index (χ1n) is 5.43. The van der Waals surface area contributed by atoms with Crippen LogP contribution in [-0.2, 0) is 6.42 Å². The highest BCUT2D eigenvalue weighted by molar-refractivity contribution is 6.31. The van der Waals surface area contributed by atoms with Gasteiger partial charge in [0.1, 0.15) is 0 Å². The Morgan fingerprint density at radius 2 is 2.00 bits per heavy atom. The first-order chi connectivity index (χ1) is 7.04. The van der Waals surface area contributed by atoms with E-state index in [4.69, 9.17) is 23.2 Å². The van der Waals surface area contributed by atoms with Crippen LogP contribution in [0.3, 0.4) is 0 Å². The summed E-state index contributed by atoms with van der Waals surface area (Å²) in [5.41, 5.74) is 2.40. The van der Waals surface area contributed by atoms with Gasteiger partial charge in [-0.1, -0.05) is 44.0 Å². The number of halogens is 2. The summed E-state index contributed by atoms with van der Waals surface area (Å²) in [5.74, 6) is 0.558. The molecule has 0 aliphatic rings. The third kappa shape index (κ3) is 3.70. The van der Waals surface area contributed by atoms with Crippen LogP contribution >= 0.6 is 23.2 Å². The molecule has 2 unspecified atom stereocenters. The van der Waals surface area contributed by atoms with Crippen molar-refractivity contribution in [3.63, 3.8) is 0 Å². The summed E-state index contributed by atoms with van der Waals surface area (Å²) in [7, 11) is 0. The normalized spacial score (nSPS) is 15.0. The minimum Gasteiger partial charge on any atom is -0.122 e. The molecule has 0 N–H and O–H groups in total. The molecule has 15 heavy (non-hydrogen) atoms. The average molecular weight is 245 g/mol. The summed E-state index contributed by atoms with van der Waals surface area (Å²) < 4.78 is 0. The Balaban J connectivity index is 2.68. The molecule has 0 aliphatic carbocycles. The zero-order valence-corrected chi connectivity index (χ0v) is 11.1. The Hall–Kier alpha value is -0.200. The van der Waals surface area contributed by atoms with E-state index in [9.17, 15) is 0 Å². The molecule has 2 atom stereocenters. The summed E-state index contributed by atoms with van der Waals surface area (Å²) in [5, 5.41) is 1.05. The molecule has 84 valence electrons. The van der Waals surface area contributed by atoms with E-state index in [1.807, 2.05) is 13.0 Å². The van der Waals surface area contributed by atoms with E-state index in [1.165, 1.54) is 5.56 Å². The van der Waals surface area contributed by atoms with Crippen molar-refractivity contribution in [1.29, 1.82) is 0 Å². The van der Waals surface area contributed by atoms with Crippen LogP contribution in [0.15, 0.2) is 18.2 Å². The molecule has 0 spiro atoms. The van der Waals surface area contributed by atoms with E-state index in [2.05, 4.69) is 26.0 Å². The number of alkyl halides is 1. The Morgan fingerprint density at radius 3 is 2.53 bits per heavy atom. The smallest absolute Gasteiger partial charge is 0.0435 e. The van der Waals surface area contributed by atoms with E-state index in [1.54, 1.807) is 0 Å². The van der Waals surface area contributed by atoms with Gasteiger partial charge in [-0.2, -0.15) is 0 Å². The third-order valence-electron chi connectivity index (χ3n) is 2.91. The van der Waals surface area contributed by atoms with Crippen LogP contribution in [0.25, 0.3) is 0 Å². The molecular formula is C13H18Cl2. The van der Waals surface area contributed by atoms with E-state index in [-0.39, 0.29) is 5.38 Å². The zero-order chi connectivity index (χ0) is 11.4. The highest BCUT2D eigenvalue weighted by Gasteiger charge is 2.13. The highest BCUT2D eigenvalue weighted by Crippen LogP contribution is 2.22. The van der Waals surface area contributed by atoms with Gasteiger partial charge in [0.15, 0.2) is 0 Å². The quantitative estimate of drug-likeness (QED) is 0.665. The molecule has 0 bridgehead atoms. The standard InChI is InChI=1S/C13H18Cl2/c1-4-9(2)13(15)8-11-5-6-12(14)10(3)7-11/h5-7,9,13H,4,8H2,1-3H3. The molecule has 0 aromatic heterocycles. The monoisotopic (exact) mass is 244 g/mol. The maximum absolute atomic E-state index is 6.33. The maximum atomic E-state index is 6.33. The number of hydrogen-bond donors (Lipinski definition) is 0. The molecule has 0 aliphatic heterocycles. The molecule has 1 aromatic carbocycles. The summed E-state index contributed by atoms with van der Waals surface area (Å²) >= 11 is 12.3. The Bertz CT molecular complexity index is 320. The van der Waals surface area contributed by atoms with Crippen molar-refractivity contribution in [3.05, 3.63) is 34.3 Å². The van der Waals surface area contributed by atoms with E-state index < -0.39 is 0 Å². The molecule has 0 saturated heterocycles. The van der Waals surface area contributed by atoms with Gasteiger partial charge < -0.3 is 0 Å². The number of rotatable bonds is 4. The molecule has 0 nitrogen and oxygen atoms in total. The predicted octanol–water partition coefficient (Wildman–Crippen LogP) is 4.84. The first-order valence-corrected chi connectivity index (χ1v) is 6.25. The average Bonchev–Trinajstić information content (AvgIpc) is 2.22. The van der Waals surface area contributed by atoms with Gasteiger partial charge in [0.05, 0.1) is 0 Å². The molecule has 0 saturated carbocycles. The lowest BCUT2D eigenvalue weighted by molar-refractivity contribution is 0.525. The van der Waals surface area contributed by atoms with E-state index in [0.717, 1.165) is 23.4 Å². The van der Waals surface area contributed by atoms with Gasteiger partial charge in [-0.15, -0.1) is 11.6 Å². The van der Waals surface area contributed by atoms with Crippen molar-refractivity contribution >= 4 is 23.2 Å². The van der Waals surface area contributed by atoms with Crippen molar-refractivity contribution in [2.24, 2.45) is 5.92 Å². The van der Waals surface area contributed by atoms with Crippen molar-refractivity contribution < 1.29 is 0 Å². The van der Waals surface area contributed by atoms with E-state index >= 15 is 0 Å². The second kappa shape index (κ2) is 5.77. The summed E-state index contributed by atoms with van der Waals surface area (Å²) in [4.78, 5) is 0. The second-order valence-corrected chi connectivity index (χ2v) is 5.16. The molecule has 0 radical (unpaired) electrons. The van der Waals surface area contributed by atoms with Gasteiger partial charge in [-0.3, -0.25) is 0 Å². The molecule has 0 amide bonds. The Labute approximate surface area is 103 Å². The van der Waals surface area contributed by atoms with Crippen molar-refractivity contribution in [3.8, 4) is 0 Å². The molecular weight excluding hydrogens is 227 g/mol. The van der Waals surface area contributed by atoms with Crippen LogP contribution in [0.1, 0.15) is 31.4 Å². The summed E-state index contributed by atoms with van der Waals surface area (Å²) in [6, 6.07) is 6.14. The van der Waals surface area contributed by atoms with Crippen LogP contribution in [0.4, 0.5) is 0 Å². The van der Waals surface area contributed by atoms with Crippen LogP contribution < -0.4 is 0 Å². The number of hydrogen-bond acceptors (Lipinski definition) is 0. The summed E-state index contributed by atoms with van der Waals surface area (Å²) in [6.07, 6.45) is 2.05. The van der Waals surface area contributed by atoms with Crippen molar-refractivity contribution in [2.75, 3.05) is 0 Å². The fraction of sp³-hybridized carbons (Fsp3) is 0.538. The van der Waals surface area contributed by atoms with Crippen LogP contribution in [0.2, 0.25) is 5.02 Å². The van der Waals surface area contributed by atoms with Crippen LogP contribution in [-0.4, -0.2) is 5.38 Å². The molecule has 0 fully saturated rings. The molecule has 1 rings (SSSR count). The van der Waals surface area contributed by atoms with Gasteiger partial charge in [0.25, 0.3) is 0 Å². The van der Waals surface area contributed by atoms with Crippen LogP contribution in [0, 0.1) is 12.8 Å². The van der Waals surface area contributed by atoms with Gasteiger partial charge >= 0.3 is 0 Å². The Morgan fingerprint density at radius 1 is 1.33 bits per heavy atom. The fourth-order valence-corrected chi connectivity index (χ4v) is 1.99. The SMILES string of the molecule is CCC(C)C(Cl)Cc1ccc(Cl)c(C)c1. The molecule has 2 heteroatoms. The fourth-order valence-electron chi connectivity index (χ4n) is 1.52. The lowest BCUT2D eigenvalue weighted by Gasteiger charge is -2.16. The Kier molecular flexibility index (Phi) is 4.95. The van der Waals surface area contributed by atoms with Crippen molar-refractivity contribution in [1.82, 2.24) is 0 Å². The third-order valence-corrected chi connectivity index (χ3v) is 3.92. The lowest BCUT2D eigenvalue weighted by atomic mass is 9.97. The van der Waals surface area contributed by atoms with E-state index in [0.29, 0.717) is 5.92 Å². The topological polar surface area (TPSA) is 0 Å².